The van der Waals surface area contributed by atoms with Crippen molar-refractivity contribution >= 4 is 45.6 Å². The van der Waals surface area contributed by atoms with Gasteiger partial charge in [0.25, 0.3) is 5.91 Å². The van der Waals surface area contributed by atoms with Crippen LogP contribution in [0.5, 0.6) is 0 Å². The number of amides is 2. The van der Waals surface area contributed by atoms with Gasteiger partial charge in [0.05, 0.1) is 11.3 Å². The van der Waals surface area contributed by atoms with Gasteiger partial charge < -0.3 is 4.57 Å². The highest BCUT2D eigenvalue weighted by Crippen LogP contribution is 2.27. The summed E-state index contributed by atoms with van der Waals surface area (Å²) in [7, 11) is 1.94. The molecule has 2 amide bonds. The molecule has 0 aliphatic carbocycles. The molecule has 2 heterocycles. The highest BCUT2D eigenvalue weighted by Gasteiger charge is 2.14. The van der Waals surface area contributed by atoms with Crippen molar-refractivity contribution in [3.63, 3.8) is 0 Å². The number of hydrogen-bond donors (Lipinski definition) is 2. The Kier molecular flexibility index (Phi) is 5.62. The van der Waals surface area contributed by atoms with Crippen molar-refractivity contribution in [1.82, 2.24) is 30.6 Å². The van der Waals surface area contributed by atoms with E-state index in [0.717, 1.165) is 34.6 Å². The first-order chi connectivity index (χ1) is 14.6. The van der Waals surface area contributed by atoms with Crippen LogP contribution in [0, 0.1) is 0 Å². The average molecular weight is 420 g/mol. The minimum absolute atomic E-state index is 0.0478. The topological polar surface area (TPSA) is 102 Å². The molecule has 4 rings (SSSR count). The van der Waals surface area contributed by atoms with Crippen LogP contribution in [-0.4, -0.2) is 37.3 Å². The fourth-order valence-corrected chi connectivity index (χ4v) is 3.71. The molecular formula is C21H20N6O2S. The number of fused-ring (bicyclic) bond motifs is 3. The van der Waals surface area contributed by atoms with Crippen molar-refractivity contribution in [1.29, 1.82) is 0 Å². The van der Waals surface area contributed by atoms with Crippen molar-refractivity contribution in [2.75, 3.05) is 5.75 Å². The molecule has 152 valence electrons. The number of thioether (sulfide) groups is 1. The Hall–Kier alpha value is -3.46. The summed E-state index contributed by atoms with van der Waals surface area (Å²) in [5.41, 5.74) is 8.97. The van der Waals surface area contributed by atoms with Crippen LogP contribution in [0.2, 0.25) is 0 Å². The van der Waals surface area contributed by atoms with Crippen LogP contribution >= 0.6 is 11.8 Å². The van der Waals surface area contributed by atoms with Gasteiger partial charge in [-0.1, -0.05) is 43.0 Å². The van der Waals surface area contributed by atoms with Gasteiger partial charge in [-0.2, -0.15) is 0 Å². The fraction of sp³-hybridized carbons (Fsp3) is 0.190. The maximum Gasteiger partial charge on any atom is 0.269 e. The van der Waals surface area contributed by atoms with Crippen molar-refractivity contribution in [2.24, 2.45) is 7.05 Å². The molecule has 0 saturated heterocycles. The Morgan fingerprint density at radius 1 is 1.07 bits per heavy atom. The number of nitrogens with one attached hydrogen (secondary N) is 2. The quantitative estimate of drug-likeness (QED) is 0.380. The molecule has 2 N–H and O–H groups in total. The highest BCUT2D eigenvalue weighted by atomic mass is 32.2. The molecule has 0 aliphatic heterocycles. The summed E-state index contributed by atoms with van der Waals surface area (Å²) in [4.78, 5) is 28.6. The normalized spacial score (nSPS) is 11.0. The maximum atomic E-state index is 12.1. The lowest BCUT2D eigenvalue weighted by atomic mass is 10.1. The third-order valence-electron chi connectivity index (χ3n) is 4.74. The number of rotatable bonds is 5. The van der Waals surface area contributed by atoms with Crippen molar-refractivity contribution < 1.29 is 9.59 Å². The number of benzene rings is 2. The Morgan fingerprint density at radius 3 is 2.63 bits per heavy atom. The van der Waals surface area contributed by atoms with Crippen LogP contribution < -0.4 is 10.9 Å². The number of aryl methyl sites for hydroxylation is 2. The second kappa shape index (κ2) is 8.50. The molecule has 0 aliphatic rings. The molecule has 8 nitrogen and oxygen atoms in total. The van der Waals surface area contributed by atoms with E-state index in [1.807, 2.05) is 17.7 Å². The Morgan fingerprint density at radius 2 is 1.87 bits per heavy atom. The molecule has 2 aromatic carbocycles. The van der Waals surface area contributed by atoms with E-state index in [1.54, 1.807) is 24.3 Å². The van der Waals surface area contributed by atoms with Crippen molar-refractivity contribution in [2.45, 2.75) is 18.5 Å². The van der Waals surface area contributed by atoms with Crippen LogP contribution in [0.15, 0.2) is 53.7 Å². The minimum atomic E-state index is -0.379. The molecule has 30 heavy (non-hydrogen) atoms. The van der Waals surface area contributed by atoms with Gasteiger partial charge >= 0.3 is 0 Å². The molecule has 2 aromatic heterocycles. The number of nitrogens with zero attached hydrogens (tertiary/aromatic N) is 4. The van der Waals surface area contributed by atoms with E-state index in [2.05, 4.69) is 51.2 Å². The van der Waals surface area contributed by atoms with Gasteiger partial charge in [-0.05, 0) is 36.2 Å². The monoisotopic (exact) mass is 420 g/mol. The maximum absolute atomic E-state index is 12.1. The standard InChI is InChI=1S/C21H20N6O2S/c1-3-13-9-10-16-15(11-13)18-19(27(16)2)22-21(26-24-18)30-12-17(28)23-25-20(29)14-7-5-4-6-8-14/h4-11H,3,12H2,1-2H3,(H,23,28)(H,25,29). The van der Waals surface area contributed by atoms with E-state index in [0.29, 0.717) is 16.4 Å². The van der Waals surface area contributed by atoms with Crippen LogP contribution in [0.4, 0.5) is 0 Å². The van der Waals surface area contributed by atoms with E-state index in [-0.39, 0.29) is 17.6 Å². The van der Waals surface area contributed by atoms with Gasteiger partial charge in [-0.25, -0.2) is 4.98 Å². The number of carbonyl (C=O) groups excluding carboxylic acids is 2. The molecule has 0 atom stereocenters. The third-order valence-corrected chi connectivity index (χ3v) is 5.57. The van der Waals surface area contributed by atoms with Crippen LogP contribution in [0.3, 0.4) is 0 Å². The lowest BCUT2D eigenvalue weighted by Gasteiger charge is -2.06. The minimum Gasteiger partial charge on any atom is -0.327 e. The summed E-state index contributed by atoms with van der Waals surface area (Å²) < 4.78 is 1.98. The molecule has 0 bridgehead atoms. The Bertz CT molecular complexity index is 1240. The van der Waals surface area contributed by atoms with Gasteiger partial charge in [0, 0.05) is 18.0 Å². The molecule has 4 aromatic rings. The average Bonchev–Trinajstić information content (AvgIpc) is 3.07. The first-order valence-electron chi connectivity index (χ1n) is 9.45. The largest absolute Gasteiger partial charge is 0.327 e. The lowest BCUT2D eigenvalue weighted by Crippen LogP contribution is -2.42. The molecule has 0 saturated carbocycles. The zero-order valence-electron chi connectivity index (χ0n) is 16.5. The lowest BCUT2D eigenvalue weighted by molar-refractivity contribution is -0.119. The fourth-order valence-electron chi connectivity index (χ4n) is 3.13. The zero-order chi connectivity index (χ0) is 21.1. The van der Waals surface area contributed by atoms with Gasteiger partial charge in [-0.3, -0.25) is 20.4 Å². The number of carbonyl (C=O) groups is 2. The SMILES string of the molecule is CCc1ccc2c(c1)c1nnc(SCC(=O)NNC(=O)c3ccccc3)nc1n2C. The van der Waals surface area contributed by atoms with E-state index in [4.69, 9.17) is 0 Å². The van der Waals surface area contributed by atoms with Gasteiger partial charge in [-0.15, -0.1) is 10.2 Å². The predicted molar refractivity (Wildman–Crippen MR) is 116 cm³/mol. The van der Waals surface area contributed by atoms with Gasteiger partial charge in [0.1, 0.15) is 5.52 Å². The summed E-state index contributed by atoms with van der Waals surface area (Å²) in [6, 6.07) is 14.9. The smallest absolute Gasteiger partial charge is 0.269 e. The molecule has 9 heteroatoms. The molecule has 0 fully saturated rings. The molecule has 0 spiro atoms. The van der Waals surface area contributed by atoms with Crippen molar-refractivity contribution in [3.05, 3.63) is 59.7 Å². The van der Waals surface area contributed by atoms with E-state index < -0.39 is 0 Å². The van der Waals surface area contributed by atoms with E-state index in [1.165, 1.54) is 5.56 Å². The van der Waals surface area contributed by atoms with E-state index in [9.17, 15) is 9.59 Å². The first-order valence-corrected chi connectivity index (χ1v) is 10.4. The predicted octanol–water partition coefficient (Wildman–Crippen LogP) is 2.63. The second-order valence-corrected chi connectivity index (χ2v) is 7.63. The molecular weight excluding hydrogens is 400 g/mol. The first kappa shape index (κ1) is 19.8. The van der Waals surface area contributed by atoms with Gasteiger partial charge in [0.2, 0.25) is 11.1 Å². The highest BCUT2D eigenvalue weighted by molar-refractivity contribution is 7.99. The van der Waals surface area contributed by atoms with Crippen LogP contribution in [0.25, 0.3) is 22.1 Å². The third kappa shape index (κ3) is 3.97. The summed E-state index contributed by atoms with van der Waals surface area (Å²) in [6.07, 6.45) is 0.942. The van der Waals surface area contributed by atoms with Crippen molar-refractivity contribution in [3.8, 4) is 0 Å². The van der Waals surface area contributed by atoms with E-state index >= 15 is 0 Å². The number of hydrogen-bond acceptors (Lipinski definition) is 6. The Labute approximate surface area is 177 Å². The summed E-state index contributed by atoms with van der Waals surface area (Å²) in [5.74, 6) is -0.695. The molecule has 0 unspecified atom stereocenters. The Balaban J connectivity index is 1.43. The number of hydrazine groups is 1. The van der Waals surface area contributed by atoms with Crippen LogP contribution in [0.1, 0.15) is 22.8 Å². The molecule has 0 radical (unpaired) electrons. The van der Waals surface area contributed by atoms with Crippen LogP contribution in [-0.2, 0) is 18.3 Å². The summed E-state index contributed by atoms with van der Waals surface area (Å²) in [5, 5.41) is 9.92. The zero-order valence-corrected chi connectivity index (χ0v) is 17.4. The summed E-state index contributed by atoms with van der Waals surface area (Å²) in [6.45, 7) is 2.11. The van der Waals surface area contributed by atoms with Gasteiger partial charge in [0.15, 0.2) is 5.65 Å². The second-order valence-electron chi connectivity index (χ2n) is 6.69. The number of aromatic nitrogens is 4. The summed E-state index contributed by atoms with van der Waals surface area (Å²) >= 11 is 1.16.